The molecule has 1 aromatic heterocycles. The average Bonchev–Trinajstić information content (AvgIpc) is 3.15. The van der Waals surface area contributed by atoms with Gasteiger partial charge in [0.1, 0.15) is 12.4 Å². The summed E-state index contributed by atoms with van der Waals surface area (Å²) in [5.41, 5.74) is 4.80. The molecule has 0 radical (unpaired) electrons. The number of pyridine rings is 1. The van der Waals surface area contributed by atoms with Crippen molar-refractivity contribution in [3.05, 3.63) is 59.3 Å². The first-order chi connectivity index (χ1) is 19.1. The number of hydrogen-bond donors (Lipinski definition) is 2. The molecule has 6 rings (SSSR count). The predicted molar refractivity (Wildman–Crippen MR) is 149 cm³/mol. The molecule has 9 heteroatoms. The quantitative estimate of drug-likeness (QED) is 0.570. The van der Waals surface area contributed by atoms with Crippen LogP contribution in [0.2, 0.25) is 0 Å². The van der Waals surface area contributed by atoms with E-state index in [4.69, 9.17) is 9.47 Å². The lowest BCUT2D eigenvalue weighted by atomic mass is 9.86. The third-order valence-corrected chi connectivity index (χ3v) is 8.82. The monoisotopic (exact) mass is 531 g/mol. The van der Waals surface area contributed by atoms with Crippen LogP contribution in [-0.4, -0.2) is 79.1 Å². The summed E-state index contributed by atoms with van der Waals surface area (Å²) in [4.78, 5) is 33.9. The van der Waals surface area contributed by atoms with Gasteiger partial charge in [-0.3, -0.25) is 14.5 Å². The molecule has 2 N–H and O–H groups in total. The Morgan fingerprint density at radius 3 is 2.62 bits per heavy atom. The van der Waals surface area contributed by atoms with E-state index in [1.165, 1.54) is 11.6 Å². The molecule has 2 aromatic rings. The molecule has 4 aliphatic rings. The zero-order valence-corrected chi connectivity index (χ0v) is 22.6. The third-order valence-electron chi connectivity index (χ3n) is 8.82. The second-order valence-corrected chi connectivity index (χ2v) is 11.0. The number of amides is 2. The average molecular weight is 532 g/mol. The van der Waals surface area contributed by atoms with Crippen molar-refractivity contribution in [2.75, 3.05) is 51.8 Å². The van der Waals surface area contributed by atoms with Gasteiger partial charge < -0.3 is 25.0 Å². The van der Waals surface area contributed by atoms with Crippen LogP contribution in [0.3, 0.4) is 0 Å². The first kappa shape index (κ1) is 25.8. The van der Waals surface area contributed by atoms with Crippen LogP contribution in [0.5, 0.6) is 5.75 Å². The number of likely N-dealkylation sites (tertiary alicyclic amines) is 2. The fourth-order valence-electron chi connectivity index (χ4n) is 6.46. The van der Waals surface area contributed by atoms with Crippen LogP contribution in [-0.2, 0) is 16.1 Å². The zero-order chi connectivity index (χ0) is 26.9. The van der Waals surface area contributed by atoms with Gasteiger partial charge in [0.05, 0.1) is 11.3 Å². The Bertz CT molecular complexity index is 1260. The molecule has 9 nitrogen and oxygen atoms in total. The second-order valence-electron chi connectivity index (χ2n) is 11.0. The number of piperidine rings is 1. The maximum atomic E-state index is 13.0. The van der Waals surface area contributed by atoms with E-state index in [1.54, 1.807) is 7.05 Å². The van der Waals surface area contributed by atoms with Gasteiger partial charge in [-0.1, -0.05) is 6.58 Å². The summed E-state index contributed by atoms with van der Waals surface area (Å²) in [6, 6.07) is 6.68. The van der Waals surface area contributed by atoms with Crippen LogP contribution in [0.15, 0.2) is 37.1 Å². The van der Waals surface area contributed by atoms with Gasteiger partial charge in [-0.2, -0.15) is 0 Å². The molecule has 3 fully saturated rings. The largest absolute Gasteiger partial charge is 0.486 e. The minimum Gasteiger partial charge on any atom is -0.486 e. The van der Waals surface area contributed by atoms with Crippen LogP contribution < -0.4 is 15.4 Å². The molecule has 2 amide bonds. The molecular formula is C30H37N5O4. The molecule has 0 atom stereocenters. The van der Waals surface area contributed by atoms with Crippen molar-refractivity contribution in [1.82, 2.24) is 20.1 Å². The van der Waals surface area contributed by atoms with Crippen LogP contribution in [0, 0.1) is 0 Å². The molecule has 206 valence electrons. The molecule has 0 saturated carbocycles. The minimum atomic E-state index is -0.155. The van der Waals surface area contributed by atoms with Crippen molar-refractivity contribution in [1.29, 1.82) is 0 Å². The number of aromatic nitrogens is 1. The number of benzene rings is 1. The van der Waals surface area contributed by atoms with Crippen LogP contribution in [0.25, 0.3) is 0 Å². The van der Waals surface area contributed by atoms with Gasteiger partial charge in [-0.15, -0.1) is 0 Å². The summed E-state index contributed by atoms with van der Waals surface area (Å²) in [7, 11) is 1.66. The number of carbonyl (C=O) groups excluding carboxylic acids is 2. The fourth-order valence-corrected chi connectivity index (χ4v) is 6.46. The highest BCUT2D eigenvalue weighted by atomic mass is 16.5. The molecule has 1 aromatic carbocycles. The Morgan fingerprint density at radius 2 is 1.90 bits per heavy atom. The molecule has 4 aliphatic heterocycles. The maximum Gasteiger partial charge on any atom is 0.254 e. The van der Waals surface area contributed by atoms with Gasteiger partial charge in [0, 0.05) is 51.2 Å². The second kappa shape index (κ2) is 11.0. The normalized spacial score (nSPS) is 20.5. The summed E-state index contributed by atoms with van der Waals surface area (Å²) >= 11 is 0. The SMILES string of the molecule is C=CC(=O)N1CC(N2CCC(c3cc4c(c(C(=O)NC)c3)OCc3c(C5CCOCC5)ccnc3N4)CC2)C1. The van der Waals surface area contributed by atoms with Crippen molar-refractivity contribution >= 4 is 23.3 Å². The van der Waals surface area contributed by atoms with Gasteiger partial charge in [-0.25, -0.2) is 4.98 Å². The van der Waals surface area contributed by atoms with E-state index >= 15 is 0 Å². The Labute approximate surface area is 229 Å². The highest BCUT2D eigenvalue weighted by Gasteiger charge is 2.36. The number of anilines is 2. The lowest BCUT2D eigenvalue weighted by Gasteiger charge is -2.47. The zero-order valence-electron chi connectivity index (χ0n) is 22.6. The highest BCUT2D eigenvalue weighted by Crippen LogP contribution is 2.42. The van der Waals surface area contributed by atoms with E-state index in [1.807, 2.05) is 17.2 Å². The molecular weight excluding hydrogens is 494 g/mol. The Balaban J connectivity index is 1.23. The van der Waals surface area contributed by atoms with Crippen molar-refractivity contribution in [2.45, 2.75) is 50.2 Å². The molecule has 0 bridgehead atoms. The summed E-state index contributed by atoms with van der Waals surface area (Å²) in [6.45, 7) is 8.99. The maximum absolute atomic E-state index is 13.0. The topological polar surface area (TPSA) is 96.0 Å². The summed E-state index contributed by atoms with van der Waals surface area (Å²) in [6.07, 6.45) is 7.23. The van der Waals surface area contributed by atoms with E-state index < -0.39 is 0 Å². The summed E-state index contributed by atoms with van der Waals surface area (Å²) in [5.74, 6) is 1.99. The first-order valence-corrected chi connectivity index (χ1v) is 14.1. The summed E-state index contributed by atoms with van der Waals surface area (Å²) < 4.78 is 12.0. The third kappa shape index (κ3) is 5.01. The number of nitrogens with one attached hydrogen (secondary N) is 2. The number of hydrogen-bond acceptors (Lipinski definition) is 7. The van der Waals surface area contributed by atoms with Crippen molar-refractivity contribution < 1.29 is 19.1 Å². The lowest BCUT2D eigenvalue weighted by Crippen LogP contribution is -2.61. The van der Waals surface area contributed by atoms with Crippen molar-refractivity contribution in [3.8, 4) is 5.75 Å². The first-order valence-electron chi connectivity index (χ1n) is 14.1. The van der Waals surface area contributed by atoms with Crippen LogP contribution in [0.1, 0.15) is 64.6 Å². The van der Waals surface area contributed by atoms with E-state index in [0.717, 1.165) is 87.7 Å². The highest BCUT2D eigenvalue weighted by molar-refractivity contribution is 5.99. The number of ether oxygens (including phenoxy) is 2. The predicted octanol–water partition coefficient (Wildman–Crippen LogP) is 3.55. The number of nitrogens with zero attached hydrogens (tertiary/aromatic N) is 3. The smallest absolute Gasteiger partial charge is 0.254 e. The van der Waals surface area contributed by atoms with Gasteiger partial charge in [-0.05, 0) is 86.0 Å². The standard InChI is InChI=1S/C30H37N5O4/c1-3-27(36)35-16-22(17-35)34-10-5-19(6-11-34)21-14-24(30(37)31-2)28-26(15-21)33-29-25(18-39-28)23(4-9-32-29)20-7-12-38-13-8-20/h3-4,9,14-15,19-20,22H,1,5-8,10-13,16-18H2,2H3,(H,31,37)(H,32,33). The van der Waals surface area contributed by atoms with E-state index in [9.17, 15) is 9.59 Å². The van der Waals surface area contributed by atoms with Gasteiger partial charge in [0.25, 0.3) is 5.91 Å². The lowest BCUT2D eigenvalue weighted by molar-refractivity contribution is -0.133. The van der Waals surface area contributed by atoms with Crippen LogP contribution >= 0.6 is 0 Å². The summed E-state index contributed by atoms with van der Waals surface area (Å²) in [5, 5.41) is 6.34. The van der Waals surface area contributed by atoms with Crippen LogP contribution in [0.4, 0.5) is 11.5 Å². The minimum absolute atomic E-state index is 0.0125. The molecule has 0 spiro atoms. The molecule has 3 saturated heterocycles. The Morgan fingerprint density at radius 1 is 1.13 bits per heavy atom. The molecule has 5 heterocycles. The van der Waals surface area contributed by atoms with E-state index in [-0.39, 0.29) is 11.8 Å². The number of carbonyl (C=O) groups is 2. The number of rotatable bonds is 5. The van der Waals surface area contributed by atoms with Gasteiger partial charge in [0.15, 0.2) is 5.75 Å². The van der Waals surface area contributed by atoms with Gasteiger partial charge >= 0.3 is 0 Å². The molecule has 0 aliphatic carbocycles. The van der Waals surface area contributed by atoms with Gasteiger partial charge in [0.2, 0.25) is 5.91 Å². The molecule has 39 heavy (non-hydrogen) atoms. The van der Waals surface area contributed by atoms with Crippen molar-refractivity contribution in [2.24, 2.45) is 0 Å². The fraction of sp³-hybridized carbons (Fsp3) is 0.500. The molecule has 0 unspecified atom stereocenters. The Hall–Kier alpha value is -3.43. The Kier molecular flexibility index (Phi) is 7.27. The van der Waals surface area contributed by atoms with Crippen molar-refractivity contribution in [3.63, 3.8) is 0 Å². The number of fused-ring (bicyclic) bond motifs is 2. The van der Waals surface area contributed by atoms with E-state index in [2.05, 4.69) is 39.2 Å². The van der Waals surface area contributed by atoms with E-state index in [0.29, 0.717) is 35.8 Å².